The van der Waals surface area contributed by atoms with Gasteiger partial charge in [0.1, 0.15) is 5.75 Å². The van der Waals surface area contributed by atoms with E-state index in [2.05, 4.69) is 0 Å². The van der Waals surface area contributed by atoms with Gasteiger partial charge < -0.3 is 14.4 Å². The molecule has 4 nitrogen and oxygen atoms in total. The maximum atomic E-state index is 11.4. The van der Waals surface area contributed by atoms with Crippen LogP contribution in [0.25, 0.3) is 0 Å². The zero-order valence-electron chi connectivity index (χ0n) is 10.6. The van der Waals surface area contributed by atoms with E-state index in [1.54, 1.807) is 26.0 Å². The molecule has 0 saturated heterocycles. The number of carbonyl (C=O) groups is 1. The van der Waals surface area contributed by atoms with Crippen molar-refractivity contribution in [2.24, 2.45) is 0 Å². The molecule has 94 valence electrons. The number of hydrogen-bond donors (Lipinski definition) is 0. The Balaban J connectivity index is 2.67. The molecule has 0 radical (unpaired) electrons. The predicted octanol–water partition coefficient (Wildman–Crippen LogP) is 1.69. The minimum atomic E-state index is 0.0462. The molecule has 1 aromatic carbocycles. The van der Waals surface area contributed by atoms with Gasteiger partial charge in [0.25, 0.3) is 0 Å². The molecule has 0 N–H and O–H groups in total. The molecule has 1 rings (SSSR count). The predicted molar refractivity (Wildman–Crippen MR) is 66.0 cm³/mol. The molecule has 0 aliphatic rings. The Labute approximate surface area is 102 Å². The lowest BCUT2D eigenvalue weighted by atomic mass is 10.2. The third kappa shape index (κ3) is 4.44. The van der Waals surface area contributed by atoms with Crippen molar-refractivity contribution >= 4 is 5.91 Å². The molecule has 0 heterocycles. The fraction of sp³-hybridized carbons (Fsp3) is 0.462. The first-order valence-corrected chi connectivity index (χ1v) is 5.54. The van der Waals surface area contributed by atoms with Gasteiger partial charge in [0.2, 0.25) is 5.91 Å². The molecule has 1 amide bonds. The van der Waals surface area contributed by atoms with Gasteiger partial charge in [0.05, 0.1) is 13.7 Å². The third-order valence-corrected chi connectivity index (χ3v) is 2.52. The first-order chi connectivity index (χ1) is 8.17. The molecular formula is C13H19NO3. The van der Waals surface area contributed by atoms with Gasteiger partial charge >= 0.3 is 0 Å². The van der Waals surface area contributed by atoms with Gasteiger partial charge in [-0.1, -0.05) is 12.1 Å². The standard InChI is InChI=1S/C13H19NO3/c1-11(15)14(7-8-16-2)10-12-5-4-6-13(9-12)17-3/h4-6,9H,7-8,10H2,1-3H3. The topological polar surface area (TPSA) is 38.8 Å². The summed E-state index contributed by atoms with van der Waals surface area (Å²) < 4.78 is 10.1. The smallest absolute Gasteiger partial charge is 0.219 e. The molecule has 0 spiro atoms. The highest BCUT2D eigenvalue weighted by atomic mass is 16.5. The molecule has 0 saturated carbocycles. The minimum Gasteiger partial charge on any atom is -0.497 e. The van der Waals surface area contributed by atoms with Crippen molar-refractivity contribution in [1.82, 2.24) is 4.90 Å². The van der Waals surface area contributed by atoms with Crippen LogP contribution < -0.4 is 4.74 Å². The lowest BCUT2D eigenvalue weighted by Crippen LogP contribution is -2.31. The van der Waals surface area contributed by atoms with Gasteiger partial charge in [-0.25, -0.2) is 0 Å². The van der Waals surface area contributed by atoms with Crippen molar-refractivity contribution in [3.63, 3.8) is 0 Å². The number of nitrogens with zero attached hydrogens (tertiary/aromatic N) is 1. The van der Waals surface area contributed by atoms with Crippen LogP contribution in [0.4, 0.5) is 0 Å². The number of ether oxygens (including phenoxy) is 2. The van der Waals surface area contributed by atoms with Crippen molar-refractivity contribution in [3.8, 4) is 5.75 Å². The Morgan fingerprint density at radius 2 is 2.12 bits per heavy atom. The summed E-state index contributed by atoms with van der Waals surface area (Å²) in [4.78, 5) is 13.2. The van der Waals surface area contributed by atoms with Gasteiger partial charge in [-0.3, -0.25) is 4.79 Å². The van der Waals surface area contributed by atoms with Crippen molar-refractivity contribution in [1.29, 1.82) is 0 Å². The van der Waals surface area contributed by atoms with Crippen LogP contribution in [0.2, 0.25) is 0 Å². The van der Waals surface area contributed by atoms with E-state index in [4.69, 9.17) is 9.47 Å². The summed E-state index contributed by atoms with van der Waals surface area (Å²) in [5.41, 5.74) is 1.05. The number of benzene rings is 1. The van der Waals surface area contributed by atoms with Crippen LogP contribution in [-0.2, 0) is 16.1 Å². The van der Waals surface area contributed by atoms with Crippen LogP contribution in [0.3, 0.4) is 0 Å². The van der Waals surface area contributed by atoms with Gasteiger partial charge in [-0.05, 0) is 17.7 Å². The largest absolute Gasteiger partial charge is 0.497 e. The Hall–Kier alpha value is -1.55. The second kappa shape index (κ2) is 6.91. The van der Waals surface area contributed by atoms with Crippen LogP contribution in [0.5, 0.6) is 5.75 Å². The average Bonchev–Trinajstić information content (AvgIpc) is 2.34. The van der Waals surface area contributed by atoms with E-state index in [0.29, 0.717) is 19.7 Å². The van der Waals surface area contributed by atoms with Crippen molar-refractivity contribution in [2.45, 2.75) is 13.5 Å². The monoisotopic (exact) mass is 237 g/mol. The molecule has 0 atom stereocenters. The van der Waals surface area contributed by atoms with E-state index in [1.807, 2.05) is 24.3 Å². The summed E-state index contributed by atoms with van der Waals surface area (Å²) in [7, 11) is 3.26. The van der Waals surface area contributed by atoms with Crippen LogP contribution in [-0.4, -0.2) is 38.2 Å². The normalized spacial score (nSPS) is 10.1. The number of amides is 1. The summed E-state index contributed by atoms with van der Waals surface area (Å²) in [5.74, 6) is 0.850. The van der Waals surface area contributed by atoms with Crippen LogP contribution in [0, 0.1) is 0 Å². The summed E-state index contributed by atoms with van der Waals surface area (Å²) in [6, 6.07) is 7.72. The number of methoxy groups -OCH3 is 2. The SMILES string of the molecule is COCCN(Cc1cccc(OC)c1)C(C)=O. The Bertz CT molecular complexity index is 365. The van der Waals surface area contributed by atoms with Gasteiger partial charge in [-0.15, -0.1) is 0 Å². The van der Waals surface area contributed by atoms with Crippen molar-refractivity contribution in [2.75, 3.05) is 27.4 Å². The highest BCUT2D eigenvalue weighted by Crippen LogP contribution is 2.14. The number of hydrogen-bond acceptors (Lipinski definition) is 3. The highest BCUT2D eigenvalue weighted by molar-refractivity contribution is 5.73. The van der Waals surface area contributed by atoms with Crippen LogP contribution in [0.1, 0.15) is 12.5 Å². The van der Waals surface area contributed by atoms with Crippen LogP contribution in [0.15, 0.2) is 24.3 Å². The Morgan fingerprint density at radius 3 is 2.71 bits per heavy atom. The van der Waals surface area contributed by atoms with Crippen molar-refractivity contribution < 1.29 is 14.3 Å². The zero-order valence-corrected chi connectivity index (χ0v) is 10.6. The molecule has 0 fully saturated rings. The molecule has 0 unspecified atom stereocenters. The molecule has 1 aromatic rings. The van der Waals surface area contributed by atoms with Gasteiger partial charge in [-0.2, -0.15) is 0 Å². The highest BCUT2D eigenvalue weighted by Gasteiger charge is 2.09. The third-order valence-electron chi connectivity index (χ3n) is 2.52. The molecule has 17 heavy (non-hydrogen) atoms. The molecule has 0 bridgehead atoms. The Morgan fingerprint density at radius 1 is 1.35 bits per heavy atom. The second-order valence-electron chi connectivity index (χ2n) is 3.78. The van der Waals surface area contributed by atoms with E-state index in [-0.39, 0.29) is 5.91 Å². The van der Waals surface area contributed by atoms with Crippen LogP contribution >= 0.6 is 0 Å². The maximum Gasteiger partial charge on any atom is 0.219 e. The van der Waals surface area contributed by atoms with Crippen molar-refractivity contribution in [3.05, 3.63) is 29.8 Å². The second-order valence-corrected chi connectivity index (χ2v) is 3.78. The fourth-order valence-electron chi connectivity index (χ4n) is 1.54. The molecule has 0 aliphatic carbocycles. The number of rotatable bonds is 6. The quantitative estimate of drug-likeness (QED) is 0.755. The summed E-state index contributed by atoms with van der Waals surface area (Å²) >= 11 is 0. The first kappa shape index (κ1) is 13.5. The minimum absolute atomic E-state index is 0.0462. The fourth-order valence-corrected chi connectivity index (χ4v) is 1.54. The van der Waals surface area contributed by atoms with E-state index in [9.17, 15) is 4.79 Å². The zero-order chi connectivity index (χ0) is 12.7. The molecular weight excluding hydrogens is 218 g/mol. The van der Waals surface area contributed by atoms with Gasteiger partial charge in [0.15, 0.2) is 0 Å². The molecule has 0 aliphatic heterocycles. The molecule has 0 aromatic heterocycles. The number of carbonyl (C=O) groups excluding carboxylic acids is 1. The van der Waals surface area contributed by atoms with Gasteiger partial charge in [0, 0.05) is 27.1 Å². The lowest BCUT2D eigenvalue weighted by Gasteiger charge is -2.20. The maximum absolute atomic E-state index is 11.4. The summed E-state index contributed by atoms with van der Waals surface area (Å²) in [5, 5.41) is 0. The average molecular weight is 237 g/mol. The Kier molecular flexibility index (Phi) is 5.49. The molecule has 4 heteroatoms. The van der Waals surface area contributed by atoms with E-state index >= 15 is 0 Å². The van der Waals surface area contributed by atoms with E-state index in [0.717, 1.165) is 11.3 Å². The van der Waals surface area contributed by atoms with E-state index < -0.39 is 0 Å². The van der Waals surface area contributed by atoms with E-state index in [1.165, 1.54) is 0 Å². The first-order valence-electron chi connectivity index (χ1n) is 5.54. The summed E-state index contributed by atoms with van der Waals surface area (Å²) in [6.07, 6.45) is 0. The lowest BCUT2D eigenvalue weighted by molar-refractivity contribution is -0.130. The summed E-state index contributed by atoms with van der Waals surface area (Å²) in [6.45, 7) is 3.29.